The van der Waals surface area contributed by atoms with Gasteiger partial charge in [0.25, 0.3) is 0 Å². The summed E-state index contributed by atoms with van der Waals surface area (Å²) in [6.45, 7) is 8.24. The first-order chi connectivity index (χ1) is 20.6. The average Bonchev–Trinajstić information content (AvgIpc) is 3.01. The smallest absolute Gasteiger partial charge is 0.289 e. The van der Waals surface area contributed by atoms with Crippen molar-refractivity contribution >= 4 is 11.9 Å². The highest BCUT2D eigenvalue weighted by molar-refractivity contribution is 5.89. The molecular weight excluding hydrogens is 528 g/mol. The Morgan fingerprint density at radius 1 is 0.524 bits per heavy atom. The van der Waals surface area contributed by atoms with Crippen molar-refractivity contribution in [2.45, 2.75) is 129 Å². The third-order valence-corrected chi connectivity index (χ3v) is 7.32. The summed E-state index contributed by atoms with van der Waals surface area (Å²) in [6, 6.07) is 14.7. The van der Waals surface area contributed by atoms with Crippen LogP contribution in [0.25, 0.3) is 0 Å². The maximum atomic E-state index is 12.6. The zero-order valence-corrected chi connectivity index (χ0v) is 26.0. The lowest BCUT2D eigenvalue weighted by Gasteiger charge is -2.14. The molecule has 0 bridgehead atoms. The van der Waals surface area contributed by atoms with Gasteiger partial charge in [0, 0.05) is 6.42 Å². The molecule has 0 saturated carbocycles. The minimum atomic E-state index is -0.636. The fraction of sp³-hybridized carbons (Fsp3) is 0.556. The van der Waals surface area contributed by atoms with Gasteiger partial charge in [0.05, 0.1) is 11.1 Å². The molecule has 0 N–H and O–H groups in total. The number of aryl methyl sites for hydroxylation is 2. The highest BCUT2D eigenvalue weighted by Gasteiger charge is 2.21. The fourth-order valence-corrected chi connectivity index (χ4v) is 4.64. The van der Waals surface area contributed by atoms with Crippen LogP contribution >= 0.6 is 0 Å². The van der Waals surface area contributed by atoms with E-state index in [1.807, 2.05) is 24.3 Å². The Hall–Kier alpha value is -2.70. The van der Waals surface area contributed by atoms with E-state index in [1.54, 1.807) is 24.3 Å². The van der Waals surface area contributed by atoms with Crippen LogP contribution in [0.15, 0.2) is 48.5 Å². The summed E-state index contributed by atoms with van der Waals surface area (Å²) in [5, 5.41) is 0. The molecule has 232 valence electrons. The van der Waals surface area contributed by atoms with Gasteiger partial charge in [-0.15, -0.1) is 9.78 Å². The Morgan fingerprint density at radius 3 is 1.33 bits per heavy atom. The van der Waals surface area contributed by atoms with Crippen LogP contribution in [0.1, 0.15) is 148 Å². The summed E-state index contributed by atoms with van der Waals surface area (Å²) in [6.07, 6.45) is 19.1. The maximum absolute atomic E-state index is 12.6. The maximum Gasteiger partial charge on any atom is 0.373 e. The second-order valence-electron chi connectivity index (χ2n) is 11.0. The van der Waals surface area contributed by atoms with Crippen LogP contribution in [0.4, 0.5) is 0 Å². The van der Waals surface area contributed by atoms with Crippen LogP contribution in [0.3, 0.4) is 0 Å². The van der Waals surface area contributed by atoms with E-state index in [2.05, 4.69) is 20.8 Å². The third-order valence-electron chi connectivity index (χ3n) is 7.32. The lowest BCUT2D eigenvalue weighted by atomic mass is 10.1. The van der Waals surface area contributed by atoms with Gasteiger partial charge < -0.3 is 0 Å². The Kier molecular flexibility index (Phi) is 19.3. The lowest BCUT2D eigenvalue weighted by Crippen LogP contribution is -2.16. The molecule has 0 aliphatic rings. The lowest BCUT2D eigenvalue weighted by molar-refractivity contribution is -0.363. The zero-order valence-electron chi connectivity index (χ0n) is 26.0. The van der Waals surface area contributed by atoms with E-state index in [0.29, 0.717) is 17.5 Å². The second-order valence-corrected chi connectivity index (χ2v) is 11.0. The number of benzene rings is 2. The summed E-state index contributed by atoms with van der Waals surface area (Å²) in [5.74, 6) is -1.27. The summed E-state index contributed by atoms with van der Waals surface area (Å²) in [7, 11) is 0. The Morgan fingerprint density at radius 2 is 0.929 bits per heavy atom. The van der Waals surface area contributed by atoms with Gasteiger partial charge in [-0.1, -0.05) is 122 Å². The average molecular weight is 581 g/mol. The van der Waals surface area contributed by atoms with E-state index < -0.39 is 11.9 Å². The standard InChI is InChI=1S/C36H52O6/c1-4-7-10-11-12-13-14-15-18-21-34(39-41-35(37)32-26-22-30(23-27-32)19-16-8-5-2)40-42-36(38)33-28-24-31(25-29-33)20-17-9-6-3/h22-29H,1,4-21H2,2-3H3. The normalized spacial score (nSPS) is 11.1. The van der Waals surface area contributed by atoms with Gasteiger partial charge in [0.15, 0.2) is 0 Å². The van der Waals surface area contributed by atoms with Crippen molar-refractivity contribution in [3.05, 3.63) is 84.0 Å². The molecule has 42 heavy (non-hydrogen) atoms. The second kappa shape index (κ2) is 22.8. The Balaban J connectivity index is 1.85. The van der Waals surface area contributed by atoms with Crippen molar-refractivity contribution in [1.29, 1.82) is 0 Å². The van der Waals surface area contributed by atoms with Gasteiger partial charge >= 0.3 is 18.2 Å². The molecule has 0 aliphatic carbocycles. The molecule has 2 radical (unpaired) electrons. The molecule has 6 nitrogen and oxygen atoms in total. The van der Waals surface area contributed by atoms with Crippen molar-refractivity contribution in [3.63, 3.8) is 0 Å². The zero-order chi connectivity index (χ0) is 30.3. The Labute approximate surface area is 254 Å². The summed E-state index contributed by atoms with van der Waals surface area (Å²) < 4.78 is 0. The molecule has 2 aromatic rings. The van der Waals surface area contributed by atoms with Crippen molar-refractivity contribution < 1.29 is 29.1 Å². The predicted octanol–water partition coefficient (Wildman–Crippen LogP) is 10.3. The van der Waals surface area contributed by atoms with Gasteiger partial charge in [-0.2, -0.15) is 0 Å². The van der Waals surface area contributed by atoms with Gasteiger partial charge in [0.1, 0.15) is 0 Å². The summed E-state index contributed by atoms with van der Waals surface area (Å²) >= 11 is 0. The molecule has 0 spiro atoms. The van der Waals surface area contributed by atoms with Crippen LogP contribution in [0.2, 0.25) is 0 Å². The summed E-state index contributed by atoms with van der Waals surface area (Å²) in [4.78, 5) is 45.9. The van der Waals surface area contributed by atoms with Crippen LogP contribution in [-0.4, -0.2) is 11.9 Å². The quantitative estimate of drug-likeness (QED) is 0.0699. The monoisotopic (exact) mass is 580 g/mol. The van der Waals surface area contributed by atoms with Gasteiger partial charge in [-0.3, -0.25) is 9.78 Å². The van der Waals surface area contributed by atoms with Crippen LogP contribution in [-0.2, 0) is 32.4 Å². The van der Waals surface area contributed by atoms with Crippen LogP contribution in [0.5, 0.6) is 0 Å². The largest absolute Gasteiger partial charge is 0.373 e. The van der Waals surface area contributed by atoms with E-state index >= 15 is 0 Å². The topological polar surface area (TPSA) is 71.1 Å². The SMILES string of the molecule is [CH2]CCCCCCCCCC[C](OOC(=O)c1ccc(CCCCC)cc1)OOC(=O)c1ccc(CCCCC)cc1. The molecule has 0 heterocycles. The molecule has 0 aliphatic heterocycles. The first-order valence-corrected chi connectivity index (χ1v) is 16.2. The van der Waals surface area contributed by atoms with Crippen molar-refractivity contribution in [1.82, 2.24) is 0 Å². The van der Waals surface area contributed by atoms with Crippen molar-refractivity contribution in [2.75, 3.05) is 0 Å². The number of carbonyl (C=O) groups excluding carboxylic acids is 2. The van der Waals surface area contributed by atoms with Crippen LogP contribution < -0.4 is 0 Å². The molecular formula is C36H52O6. The first kappa shape index (κ1) is 35.5. The predicted molar refractivity (Wildman–Crippen MR) is 167 cm³/mol. The molecule has 0 unspecified atom stereocenters. The fourth-order valence-electron chi connectivity index (χ4n) is 4.64. The van der Waals surface area contributed by atoms with Crippen LogP contribution in [0, 0.1) is 13.2 Å². The summed E-state index contributed by atoms with van der Waals surface area (Å²) in [5.41, 5.74) is 3.12. The number of rotatable bonds is 24. The van der Waals surface area contributed by atoms with Gasteiger partial charge in [0.2, 0.25) is 0 Å². The Bertz CT molecular complexity index is 900. The third kappa shape index (κ3) is 15.5. The minimum Gasteiger partial charge on any atom is -0.289 e. The van der Waals surface area contributed by atoms with E-state index in [0.717, 1.165) is 51.4 Å². The van der Waals surface area contributed by atoms with E-state index in [9.17, 15) is 9.59 Å². The number of unbranched alkanes of at least 4 members (excludes halogenated alkanes) is 12. The van der Waals surface area contributed by atoms with Crippen molar-refractivity contribution in [2.24, 2.45) is 0 Å². The van der Waals surface area contributed by atoms with Gasteiger partial charge in [-0.25, -0.2) is 9.59 Å². The first-order valence-electron chi connectivity index (χ1n) is 16.2. The van der Waals surface area contributed by atoms with E-state index in [1.165, 1.54) is 68.9 Å². The highest BCUT2D eigenvalue weighted by Crippen LogP contribution is 2.20. The number of hydrogen-bond acceptors (Lipinski definition) is 6. The highest BCUT2D eigenvalue weighted by atomic mass is 17.3. The molecule has 6 heteroatoms. The molecule has 0 fully saturated rings. The molecule has 2 rings (SSSR count). The van der Waals surface area contributed by atoms with Gasteiger partial charge in [-0.05, 0) is 67.5 Å². The van der Waals surface area contributed by atoms with E-state index in [4.69, 9.17) is 19.6 Å². The molecule has 2 aromatic carbocycles. The molecule has 0 amide bonds. The van der Waals surface area contributed by atoms with E-state index in [-0.39, 0.29) is 6.29 Å². The number of carbonyl (C=O) groups is 2. The molecule has 0 aromatic heterocycles. The number of hydrogen-bond donors (Lipinski definition) is 0. The molecule has 0 saturated heterocycles. The van der Waals surface area contributed by atoms with Crippen molar-refractivity contribution in [3.8, 4) is 0 Å². The molecule has 0 atom stereocenters. The minimum absolute atomic E-state index is 0.0560.